The normalized spacial score (nSPS) is 16.1. The second kappa shape index (κ2) is 6.45. The molecule has 0 heterocycles. The SMILES string of the molecule is CCOc1c(N)cccc1C(=O)NC1CCCCC1. The number of anilines is 1. The molecular weight excluding hydrogens is 240 g/mol. The third-order valence-electron chi connectivity index (χ3n) is 3.52. The van der Waals surface area contributed by atoms with E-state index < -0.39 is 0 Å². The Labute approximate surface area is 114 Å². The number of carbonyl (C=O) groups is 1. The fraction of sp³-hybridized carbons (Fsp3) is 0.533. The summed E-state index contributed by atoms with van der Waals surface area (Å²) in [5, 5.41) is 3.09. The number of amides is 1. The van der Waals surface area contributed by atoms with Gasteiger partial charge in [-0.05, 0) is 31.9 Å². The minimum atomic E-state index is -0.0809. The molecular formula is C15H22N2O2. The van der Waals surface area contributed by atoms with Crippen LogP contribution in [0.3, 0.4) is 0 Å². The first kappa shape index (κ1) is 13.7. The summed E-state index contributed by atoms with van der Waals surface area (Å²) in [5.41, 5.74) is 6.92. The van der Waals surface area contributed by atoms with Crippen molar-refractivity contribution in [1.82, 2.24) is 5.32 Å². The van der Waals surface area contributed by atoms with Crippen LogP contribution in [0.25, 0.3) is 0 Å². The van der Waals surface area contributed by atoms with Gasteiger partial charge in [0.15, 0.2) is 5.75 Å². The van der Waals surface area contributed by atoms with E-state index in [-0.39, 0.29) is 11.9 Å². The van der Waals surface area contributed by atoms with Crippen LogP contribution in [0.1, 0.15) is 49.4 Å². The van der Waals surface area contributed by atoms with Gasteiger partial charge in [0.1, 0.15) is 0 Å². The maximum absolute atomic E-state index is 12.3. The zero-order chi connectivity index (χ0) is 13.7. The number of para-hydroxylation sites is 1. The van der Waals surface area contributed by atoms with Gasteiger partial charge in [0.05, 0.1) is 17.9 Å². The van der Waals surface area contributed by atoms with Crippen LogP contribution < -0.4 is 15.8 Å². The summed E-state index contributed by atoms with van der Waals surface area (Å²) in [7, 11) is 0. The van der Waals surface area contributed by atoms with Gasteiger partial charge in [0, 0.05) is 6.04 Å². The van der Waals surface area contributed by atoms with Gasteiger partial charge < -0.3 is 15.8 Å². The van der Waals surface area contributed by atoms with Gasteiger partial charge in [-0.15, -0.1) is 0 Å². The summed E-state index contributed by atoms with van der Waals surface area (Å²) in [4.78, 5) is 12.3. The Morgan fingerprint density at radius 3 is 2.79 bits per heavy atom. The van der Waals surface area contributed by atoms with E-state index in [1.165, 1.54) is 19.3 Å². The smallest absolute Gasteiger partial charge is 0.255 e. The van der Waals surface area contributed by atoms with E-state index >= 15 is 0 Å². The second-order valence-corrected chi connectivity index (χ2v) is 4.97. The number of benzene rings is 1. The van der Waals surface area contributed by atoms with Crippen LogP contribution in [0.15, 0.2) is 18.2 Å². The molecule has 1 amide bonds. The Kier molecular flexibility index (Phi) is 4.66. The molecule has 0 atom stereocenters. The van der Waals surface area contributed by atoms with Crippen molar-refractivity contribution >= 4 is 11.6 Å². The molecule has 0 saturated heterocycles. The fourth-order valence-corrected chi connectivity index (χ4v) is 2.55. The van der Waals surface area contributed by atoms with Crippen LogP contribution in [-0.4, -0.2) is 18.6 Å². The lowest BCUT2D eigenvalue weighted by atomic mass is 9.95. The fourth-order valence-electron chi connectivity index (χ4n) is 2.55. The van der Waals surface area contributed by atoms with Crippen LogP contribution in [-0.2, 0) is 0 Å². The maximum atomic E-state index is 12.3. The molecule has 0 aromatic heterocycles. The zero-order valence-electron chi connectivity index (χ0n) is 11.4. The van der Waals surface area contributed by atoms with E-state index in [0.717, 1.165) is 12.8 Å². The van der Waals surface area contributed by atoms with E-state index in [2.05, 4.69) is 5.32 Å². The first-order chi connectivity index (χ1) is 9.22. The molecule has 1 saturated carbocycles. The molecule has 1 aromatic rings. The Hall–Kier alpha value is -1.71. The molecule has 0 unspecified atom stereocenters. The average molecular weight is 262 g/mol. The van der Waals surface area contributed by atoms with Crippen LogP contribution in [0.2, 0.25) is 0 Å². The summed E-state index contributed by atoms with van der Waals surface area (Å²) in [5.74, 6) is 0.418. The molecule has 0 radical (unpaired) electrons. The van der Waals surface area contributed by atoms with Crippen molar-refractivity contribution in [2.45, 2.75) is 45.1 Å². The van der Waals surface area contributed by atoms with E-state index in [9.17, 15) is 4.79 Å². The molecule has 3 N–H and O–H groups in total. The molecule has 2 rings (SSSR count). The second-order valence-electron chi connectivity index (χ2n) is 4.97. The number of rotatable bonds is 4. The van der Waals surface area contributed by atoms with Gasteiger partial charge in [0.2, 0.25) is 0 Å². The molecule has 0 spiro atoms. The lowest BCUT2D eigenvalue weighted by molar-refractivity contribution is 0.0924. The highest BCUT2D eigenvalue weighted by Gasteiger charge is 2.20. The van der Waals surface area contributed by atoms with Crippen LogP contribution in [0, 0.1) is 0 Å². The predicted octanol–water partition coefficient (Wildman–Crippen LogP) is 2.73. The van der Waals surface area contributed by atoms with Crippen LogP contribution >= 0.6 is 0 Å². The quantitative estimate of drug-likeness (QED) is 0.820. The minimum absolute atomic E-state index is 0.0809. The number of nitrogens with two attached hydrogens (primary N) is 1. The van der Waals surface area contributed by atoms with E-state index in [1.54, 1.807) is 18.2 Å². The van der Waals surface area contributed by atoms with Crippen molar-refractivity contribution in [3.05, 3.63) is 23.8 Å². The summed E-state index contributed by atoms with van der Waals surface area (Å²) in [6.45, 7) is 2.38. The van der Waals surface area contributed by atoms with Gasteiger partial charge in [-0.1, -0.05) is 25.3 Å². The lowest BCUT2D eigenvalue weighted by Gasteiger charge is -2.23. The van der Waals surface area contributed by atoms with Gasteiger partial charge >= 0.3 is 0 Å². The first-order valence-electron chi connectivity index (χ1n) is 7.04. The average Bonchev–Trinajstić information content (AvgIpc) is 2.42. The van der Waals surface area contributed by atoms with Gasteiger partial charge in [-0.2, -0.15) is 0 Å². The molecule has 19 heavy (non-hydrogen) atoms. The minimum Gasteiger partial charge on any atom is -0.491 e. The van der Waals surface area contributed by atoms with Crippen molar-refractivity contribution in [2.24, 2.45) is 0 Å². The van der Waals surface area contributed by atoms with Crippen molar-refractivity contribution in [2.75, 3.05) is 12.3 Å². The Balaban J connectivity index is 2.11. The highest BCUT2D eigenvalue weighted by Crippen LogP contribution is 2.27. The molecule has 1 fully saturated rings. The highest BCUT2D eigenvalue weighted by atomic mass is 16.5. The van der Waals surface area contributed by atoms with Crippen LogP contribution in [0.4, 0.5) is 5.69 Å². The van der Waals surface area contributed by atoms with Crippen LogP contribution in [0.5, 0.6) is 5.75 Å². The van der Waals surface area contributed by atoms with E-state index in [4.69, 9.17) is 10.5 Å². The third-order valence-corrected chi connectivity index (χ3v) is 3.52. The van der Waals surface area contributed by atoms with Crippen molar-refractivity contribution in [1.29, 1.82) is 0 Å². The predicted molar refractivity (Wildman–Crippen MR) is 76.4 cm³/mol. The molecule has 4 nitrogen and oxygen atoms in total. The molecule has 1 aliphatic rings. The topological polar surface area (TPSA) is 64.3 Å². The number of hydrogen-bond acceptors (Lipinski definition) is 3. The molecule has 0 bridgehead atoms. The van der Waals surface area contributed by atoms with Crippen molar-refractivity contribution in [3.63, 3.8) is 0 Å². The summed E-state index contributed by atoms with van der Waals surface area (Å²) >= 11 is 0. The van der Waals surface area contributed by atoms with Crippen molar-refractivity contribution < 1.29 is 9.53 Å². The lowest BCUT2D eigenvalue weighted by Crippen LogP contribution is -2.36. The van der Waals surface area contributed by atoms with Gasteiger partial charge in [-0.25, -0.2) is 0 Å². The van der Waals surface area contributed by atoms with E-state index in [0.29, 0.717) is 23.6 Å². The number of carbonyl (C=O) groups excluding carboxylic acids is 1. The number of nitrogen functional groups attached to an aromatic ring is 1. The van der Waals surface area contributed by atoms with Gasteiger partial charge in [-0.3, -0.25) is 4.79 Å². The molecule has 1 aliphatic carbocycles. The first-order valence-corrected chi connectivity index (χ1v) is 7.04. The Morgan fingerprint density at radius 1 is 1.37 bits per heavy atom. The van der Waals surface area contributed by atoms with E-state index in [1.807, 2.05) is 6.92 Å². The zero-order valence-corrected chi connectivity index (χ0v) is 11.4. The molecule has 4 heteroatoms. The summed E-state index contributed by atoms with van der Waals surface area (Å²) < 4.78 is 5.49. The summed E-state index contributed by atoms with van der Waals surface area (Å²) in [6.07, 6.45) is 5.80. The summed E-state index contributed by atoms with van der Waals surface area (Å²) in [6, 6.07) is 5.59. The number of nitrogens with one attached hydrogen (secondary N) is 1. The third kappa shape index (κ3) is 3.40. The Morgan fingerprint density at radius 2 is 2.11 bits per heavy atom. The number of hydrogen-bond donors (Lipinski definition) is 2. The molecule has 104 valence electrons. The Bertz CT molecular complexity index is 440. The largest absolute Gasteiger partial charge is 0.491 e. The molecule has 1 aromatic carbocycles. The number of ether oxygens (including phenoxy) is 1. The monoisotopic (exact) mass is 262 g/mol. The van der Waals surface area contributed by atoms with Crippen molar-refractivity contribution in [3.8, 4) is 5.75 Å². The standard InChI is InChI=1S/C15H22N2O2/c1-2-19-14-12(9-6-10-13(14)16)15(18)17-11-7-4-3-5-8-11/h6,9-11H,2-5,7-8,16H2,1H3,(H,17,18). The molecule has 0 aliphatic heterocycles. The van der Waals surface area contributed by atoms with Gasteiger partial charge in [0.25, 0.3) is 5.91 Å². The maximum Gasteiger partial charge on any atom is 0.255 e. The highest BCUT2D eigenvalue weighted by molar-refractivity contribution is 5.98.